The van der Waals surface area contributed by atoms with E-state index in [4.69, 9.17) is 0 Å². The molecule has 0 radical (unpaired) electrons. The largest absolute Gasteiger partial charge is 0.389 e. The van der Waals surface area contributed by atoms with Crippen molar-refractivity contribution >= 4 is 15.9 Å². The van der Waals surface area contributed by atoms with Gasteiger partial charge in [0.1, 0.15) is 5.82 Å². The van der Waals surface area contributed by atoms with Crippen LogP contribution in [0.1, 0.15) is 18.4 Å². The Kier molecular flexibility index (Phi) is 5.59. The van der Waals surface area contributed by atoms with Gasteiger partial charge < -0.3 is 5.32 Å². The summed E-state index contributed by atoms with van der Waals surface area (Å²) in [6, 6.07) is 4.18. The molecule has 0 saturated heterocycles. The summed E-state index contributed by atoms with van der Waals surface area (Å²) in [6.45, 7) is 0. The van der Waals surface area contributed by atoms with Crippen LogP contribution in [0.15, 0.2) is 22.7 Å². The molecule has 0 fully saturated rings. The molecular weight excluding hydrogens is 314 g/mol. The van der Waals surface area contributed by atoms with Crippen LogP contribution in [0.3, 0.4) is 0 Å². The number of hydrogen-bond acceptors (Lipinski definition) is 1. The maximum absolute atomic E-state index is 13.5. The molecule has 1 nitrogen and oxygen atoms in total. The minimum absolute atomic E-state index is 0.0600. The lowest BCUT2D eigenvalue weighted by molar-refractivity contribution is -0.136. The van der Waals surface area contributed by atoms with Crippen LogP contribution < -0.4 is 5.32 Å². The van der Waals surface area contributed by atoms with Gasteiger partial charge in [0.2, 0.25) is 0 Å². The summed E-state index contributed by atoms with van der Waals surface area (Å²) < 4.78 is 50.5. The van der Waals surface area contributed by atoms with Crippen LogP contribution in [0.5, 0.6) is 0 Å². The Labute approximate surface area is 112 Å². The molecule has 0 aliphatic carbocycles. The Morgan fingerprint density at radius 2 is 2.00 bits per heavy atom. The van der Waals surface area contributed by atoms with E-state index in [1.165, 1.54) is 6.07 Å². The summed E-state index contributed by atoms with van der Waals surface area (Å²) >= 11 is 3.13. The molecule has 1 N–H and O–H groups in total. The molecular formula is C12H14BrF4N. The van der Waals surface area contributed by atoms with Crippen LogP contribution in [0, 0.1) is 5.82 Å². The van der Waals surface area contributed by atoms with Gasteiger partial charge in [0, 0.05) is 16.9 Å². The summed E-state index contributed by atoms with van der Waals surface area (Å²) in [5, 5.41) is 2.79. The molecule has 0 aromatic heterocycles. The summed E-state index contributed by atoms with van der Waals surface area (Å²) in [4.78, 5) is 0. The first kappa shape index (κ1) is 15.4. The van der Waals surface area contributed by atoms with Gasteiger partial charge in [-0.25, -0.2) is 4.39 Å². The van der Waals surface area contributed by atoms with Crippen LogP contribution >= 0.6 is 15.9 Å². The van der Waals surface area contributed by atoms with Gasteiger partial charge in [0.15, 0.2) is 0 Å². The minimum atomic E-state index is -4.17. The fourth-order valence-corrected chi connectivity index (χ4v) is 1.97. The van der Waals surface area contributed by atoms with Crippen LogP contribution in [0.2, 0.25) is 0 Å². The van der Waals surface area contributed by atoms with Crippen molar-refractivity contribution in [1.82, 2.24) is 5.32 Å². The second kappa shape index (κ2) is 6.52. The quantitative estimate of drug-likeness (QED) is 0.804. The fourth-order valence-electron chi connectivity index (χ4n) is 1.64. The maximum atomic E-state index is 13.5. The van der Waals surface area contributed by atoms with Crippen LogP contribution in [0.25, 0.3) is 0 Å². The summed E-state index contributed by atoms with van der Waals surface area (Å²) in [5.41, 5.74) is 0.416. The highest BCUT2D eigenvalue weighted by molar-refractivity contribution is 9.10. The first-order valence-corrected chi connectivity index (χ1v) is 6.29. The van der Waals surface area contributed by atoms with Gasteiger partial charge in [-0.1, -0.05) is 22.0 Å². The SMILES string of the molecule is CNC(CCC(F)(F)F)Cc1ccc(Br)cc1F. The standard InChI is InChI=1S/C12H14BrF4N/c1-18-10(4-5-12(15,16)17)6-8-2-3-9(13)7-11(8)14/h2-3,7,10,18H,4-6H2,1H3. The number of hydrogen-bond donors (Lipinski definition) is 1. The number of halogens is 5. The third-order valence-electron chi connectivity index (χ3n) is 2.67. The van der Waals surface area contributed by atoms with E-state index in [9.17, 15) is 17.6 Å². The van der Waals surface area contributed by atoms with Gasteiger partial charge >= 0.3 is 6.18 Å². The van der Waals surface area contributed by atoms with Crippen molar-refractivity contribution in [2.24, 2.45) is 0 Å². The van der Waals surface area contributed by atoms with Crippen molar-refractivity contribution in [1.29, 1.82) is 0 Å². The normalized spacial score (nSPS) is 13.7. The minimum Gasteiger partial charge on any atom is -0.317 e. The van der Waals surface area contributed by atoms with Crippen molar-refractivity contribution in [3.8, 4) is 0 Å². The van der Waals surface area contributed by atoms with Crippen LogP contribution in [0.4, 0.5) is 17.6 Å². The predicted molar refractivity (Wildman–Crippen MR) is 65.9 cm³/mol. The highest BCUT2D eigenvalue weighted by Gasteiger charge is 2.28. The Morgan fingerprint density at radius 1 is 1.33 bits per heavy atom. The van der Waals surface area contributed by atoms with Crippen molar-refractivity contribution in [2.45, 2.75) is 31.5 Å². The van der Waals surface area contributed by atoms with Gasteiger partial charge in [-0.15, -0.1) is 0 Å². The summed E-state index contributed by atoms with van der Waals surface area (Å²) in [5.74, 6) is -0.406. The molecule has 1 rings (SSSR count). The van der Waals surface area contributed by atoms with E-state index in [1.807, 2.05) is 0 Å². The highest BCUT2D eigenvalue weighted by atomic mass is 79.9. The number of alkyl halides is 3. The molecule has 0 aliphatic rings. The Bertz CT molecular complexity index is 392. The van der Waals surface area contributed by atoms with E-state index in [0.717, 1.165) is 0 Å². The molecule has 0 spiro atoms. The molecule has 1 unspecified atom stereocenters. The molecule has 0 bridgehead atoms. The molecule has 1 atom stereocenters. The van der Waals surface area contributed by atoms with Gasteiger partial charge in [-0.2, -0.15) is 13.2 Å². The molecule has 0 amide bonds. The highest BCUT2D eigenvalue weighted by Crippen LogP contribution is 2.24. The first-order chi connectivity index (χ1) is 8.31. The number of benzene rings is 1. The zero-order valence-corrected chi connectivity index (χ0v) is 11.4. The van der Waals surface area contributed by atoms with E-state index < -0.39 is 18.4 Å². The second-order valence-electron chi connectivity index (χ2n) is 4.08. The number of rotatable bonds is 5. The average molecular weight is 328 g/mol. The molecule has 102 valence electrons. The topological polar surface area (TPSA) is 12.0 Å². The van der Waals surface area contributed by atoms with E-state index in [0.29, 0.717) is 10.0 Å². The average Bonchev–Trinajstić information content (AvgIpc) is 2.25. The summed E-state index contributed by atoms with van der Waals surface area (Å²) in [6.07, 6.45) is -4.86. The van der Waals surface area contributed by atoms with Gasteiger partial charge in [0.25, 0.3) is 0 Å². The smallest absolute Gasteiger partial charge is 0.317 e. The third-order valence-corrected chi connectivity index (χ3v) is 3.16. The summed E-state index contributed by atoms with van der Waals surface area (Å²) in [7, 11) is 1.58. The number of likely N-dealkylation sites (N-methyl/N-ethyl adjacent to an activating group) is 1. The molecule has 0 heterocycles. The van der Waals surface area contributed by atoms with E-state index in [-0.39, 0.29) is 18.9 Å². The van der Waals surface area contributed by atoms with Gasteiger partial charge in [-0.3, -0.25) is 0 Å². The van der Waals surface area contributed by atoms with Crippen molar-refractivity contribution in [3.63, 3.8) is 0 Å². The number of nitrogens with one attached hydrogen (secondary N) is 1. The Morgan fingerprint density at radius 3 is 2.50 bits per heavy atom. The first-order valence-electron chi connectivity index (χ1n) is 5.50. The van der Waals surface area contributed by atoms with E-state index in [2.05, 4.69) is 21.2 Å². The van der Waals surface area contributed by atoms with Crippen molar-refractivity contribution in [2.75, 3.05) is 7.05 Å². The van der Waals surface area contributed by atoms with Crippen molar-refractivity contribution in [3.05, 3.63) is 34.1 Å². The lowest BCUT2D eigenvalue weighted by Gasteiger charge is -2.17. The fraction of sp³-hybridized carbons (Fsp3) is 0.500. The maximum Gasteiger partial charge on any atom is 0.389 e. The molecule has 1 aromatic rings. The lowest BCUT2D eigenvalue weighted by Crippen LogP contribution is -2.29. The molecule has 0 aliphatic heterocycles. The molecule has 0 saturated carbocycles. The zero-order valence-electron chi connectivity index (χ0n) is 9.82. The molecule has 18 heavy (non-hydrogen) atoms. The Balaban J connectivity index is 2.62. The predicted octanol–water partition coefficient (Wildman–Crippen LogP) is 4.06. The molecule has 1 aromatic carbocycles. The van der Waals surface area contributed by atoms with Gasteiger partial charge in [0.05, 0.1) is 0 Å². The monoisotopic (exact) mass is 327 g/mol. The van der Waals surface area contributed by atoms with Crippen LogP contribution in [-0.4, -0.2) is 19.3 Å². The third kappa shape index (κ3) is 5.35. The van der Waals surface area contributed by atoms with Crippen molar-refractivity contribution < 1.29 is 17.6 Å². The van der Waals surface area contributed by atoms with Gasteiger partial charge in [-0.05, 0) is 37.6 Å². The Hall–Kier alpha value is -0.620. The molecule has 6 heteroatoms. The van der Waals surface area contributed by atoms with E-state index in [1.54, 1.807) is 19.2 Å². The zero-order chi connectivity index (χ0) is 13.8. The second-order valence-corrected chi connectivity index (χ2v) is 4.99. The van der Waals surface area contributed by atoms with E-state index >= 15 is 0 Å². The van der Waals surface area contributed by atoms with Crippen LogP contribution in [-0.2, 0) is 6.42 Å². The lowest BCUT2D eigenvalue weighted by atomic mass is 10.0.